The molecule has 0 bridgehead atoms. The maximum Gasteiger partial charge on any atom is 0.163 e. The van der Waals surface area contributed by atoms with Crippen LogP contribution in [0.2, 0.25) is 0 Å². The van der Waals surface area contributed by atoms with Crippen molar-refractivity contribution in [3.8, 4) is 0 Å². The minimum atomic E-state index is 0.148. The molecule has 0 atom stereocenters. The van der Waals surface area contributed by atoms with Gasteiger partial charge < -0.3 is 10.0 Å². The molecule has 0 heterocycles. The minimum Gasteiger partial charge on any atom is -0.390 e. The zero-order valence-corrected chi connectivity index (χ0v) is 12.2. The van der Waals surface area contributed by atoms with Crippen LogP contribution in [-0.4, -0.2) is 38.6 Å². The van der Waals surface area contributed by atoms with Gasteiger partial charge in [0.1, 0.15) is 6.61 Å². The van der Waals surface area contributed by atoms with Crippen molar-refractivity contribution in [1.29, 1.82) is 0 Å². The standard InChI is InChI=1S/C17H22N2O/c1-19(2)17-11-9-16(10-12-17)8-6-4-3-5-7-13-18-14-15-20/h3-13,20H,14-15H2,1-2H3/p+1/b4-3+,7-5-,8-6+,18-13?. The maximum absolute atomic E-state index is 8.56. The molecule has 0 radical (unpaired) electrons. The van der Waals surface area contributed by atoms with Crippen molar-refractivity contribution in [2.24, 2.45) is 0 Å². The minimum absolute atomic E-state index is 0.148. The van der Waals surface area contributed by atoms with Crippen LogP contribution in [0.15, 0.2) is 54.6 Å². The van der Waals surface area contributed by atoms with Crippen LogP contribution in [0, 0.1) is 0 Å². The second kappa shape index (κ2) is 9.75. The number of benzene rings is 1. The molecule has 0 aliphatic rings. The number of nitrogens with one attached hydrogen (secondary N) is 1. The normalized spacial score (nSPS) is 12.3. The summed E-state index contributed by atoms with van der Waals surface area (Å²) in [5.74, 6) is 0. The first-order chi connectivity index (χ1) is 9.74. The Morgan fingerprint density at radius 2 is 1.65 bits per heavy atom. The molecule has 0 unspecified atom stereocenters. The summed E-state index contributed by atoms with van der Waals surface area (Å²) >= 11 is 0. The third kappa shape index (κ3) is 6.71. The highest BCUT2D eigenvalue weighted by atomic mass is 16.3. The van der Waals surface area contributed by atoms with E-state index in [0.717, 1.165) is 0 Å². The number of hydrogen-bond acceptors (Lipinski definition) is 2. The van der Waals surface area contributed by atoms with Gasteiger partial charge >= 0.3 is 0 Å². The number of aliphatic hydroxyl groups excluding tert-OH is 1. The van der Waals surface area contributed by atoms with E-state index in [1.165, 1.54) is 11.3 Å². The van der Waals surface area contributed by atoms with Gasteiger partial charge in [0.25, 0.3) is 0 Å². The summed E-state index contributed by atoms with van der Waals surface area (Å²) in [6, 6.07) is 8.40. The van der Waals surface area contributed by atoms with Crippen LogP contribution in [0.5, 0.6) is 0 Å². The predicted molar refractivity (Wildman–Crippen MR) is 87.1 cm³/mol. The fourth-order valence-electron chi connectivity index (χ4n) is 1.51. The van der Waals surface area contributed by atoms with Crippen LogP contribution in [0.25, 0.3) is 6.08 Å². The highest BCUT2D eigenvalue weighted by Gasteiger charge is 1.92. The van der Waals surface area contributed by atoms with Crippen LogP contribution < -0.4 is 9.89 Å². The summed E-state index contributed by atoms with van der Waals surface area (Å²) in [5, 5.41) is 8.56. The summed E-state index contributed by atoms with van der Waals surface area (Å²) in [4.78, 5) is 5.03. The average molecular weight is 271 g/mol. The van der Waals surface area contributed by atoms with Crippen molar-refractivity contribution >= 4 is 18.0 Å². The van der Waals surface area contributed by atoms with Gasteiger partial charge in [0.05, 0.1) is 0 Å². The van der Waals surface area contributed by atoms with Gasteiger partial charge in [0.2, 0.25) is 0 Å². The number of nitrogens with zero attached hydrogens (tertiary/aromatic N) is 1. The molecular weight excluding hydrogens is 248 g/mol. The van der Waals surface area contributed by atoms with E-state index in [2.05, 4.69) is 40.2 Å². The molecule has 2 N–H and O–H groups in total. The number of allylic oxidation sites excluding steroid dienone is 5. The zero-order valence-electron chi connectivity index (χ0n) is 12.2. The second-order valence-corrected chi connectivity index (χ2v) is 4.46. The van der Waals surface area contributed by atoms with Crippen LogP contribution in [0.4, 0.5) is 5.69 Å². The van der Waals surface area contributed by atoms with Crippen molar-refractivity contribution in [3.63, 3.8) is 0 Å². The van der Waals surface area contributed by atoms with Crippen LogP contribution in [0.1, 0.15) is 5.56 Å². The Balaban J connectivity index is 2.40. The van der Waals surface area contributed by atoms with Crippen molar-refractivity contribution < 1.29 is 10.1 Å². The van der Waals surface area contributed by atoms with Crippen molar-refractivity contribution in [2.75, 3.05) is 32.1 Å². The van der Waals surface area contributed by atoms with Gasteiger partial charge in [-0.05, 0) is 17.7 Å². The Morgan fingerprint density at radius 3 is 2.30 bits per heavy atom. The number of aliphatic hydroxyl groups is 1. The van der Waals surface area contributed by atoms with Gasteiger partial charge in [0, 0.05) is 25.9 Å². The number of rotatable bonds is 7. The Hall–Kier alpha value is -2.13. The van der Waals surface area contributed by atoms with E-state index in [1.54, 1.807) is 0 Å². The number of hydrogen-bond donors (Lipinski definition) is 2. The summed E-state index contributed by atoms with van der Waals surface area (Å²) in [7, 11) is 4.07. The molecule has 20 heavy (non-hydrogen) atoms. The molecule has 0 amide bonds. The van der Waals surface area contributed by atoms with Gasteiger partial charge in [-0.15, -0.1) is 0 Å². The summed E-state index contributed by atoms with van der Waals surface area (Å²) in [5.41, 5.74) is 2.38. The Morgan fingerprint density at radius 1 is 1.00 bits per heavy atom. The Bertz CT molecular complexity index is 482. The second-order valence-electron chi connectivity index (χ2n) is 4.46. The largest absolute Gasteiger partial charge is 0.390 e. The maximum atomic E-state index is 8.56. The van der Waals surface area contributed by atoms with Gasteiger partial charge in [-0.3, -0.25) is 0 Å². The zero-order chi connectivity index (χ0) is 14.6. The van der Waals surface area contributed by atoms with Crippen molar-refractivity contribution in [1.82, 2.24) is 0 Å². The lowest BCUT2D eigenvalue weighted by Gasteiger charge is -2.11. The summed E-state index contributed by atoms with van der Waals surface area (Å²) in [6.07, 6.45) is 13.7. The third-order valence-corrected chi connectivity index (χ3v) is 2.61. The lowest BCUT2D eigenvalue weighted by molar-refractivity contribution is -0.454. The quantitative estimate of drug-likeness (QED) is 0.574. The van der Waals surface area contributed by atoms with Gasteiger partial charge in [-0.25, -0.2) is 4.99 Å². The molecule has 3 heteroatoms. The smallest absolute Gasteiger partial charge is 0.163 e. The van der Waals surface area contributed by atoms with E-state index in [9.17, 15) is 0 Å². The van der Waals surface area contributed by atoms with E-state index < -0.39 is 0 Å². The first-order valence-corrected chi connectivity index (χ1v) is 6.69. The Kier molecular flexibility index (Phi) is 7.77. The molecule has 0 saturated carbocycles. The van der Waals surface area contributed by atoms with Gasteiger partial charge in [0.15, 0.2) is 12.8 Å². The molecule has 1 rings (SSSR count). The van der Waals surface area contributed by atoms with Gasteiger partial charge in [-0.2, -0.15) is 0 Å². The SMILES string of the molecule is CN(C)c1ccc(/C=C/C=C/C=C\C=[NH+]CCO)cc1. The highest BCUT2D eigenvalue weighted by Crippen LogP contribution is 2.12. The summed E-state index contributed by atoms with van der Waals surface area (Å²) < 4.78 is 0. The first-order valence-electron chi connectivity index (χ1n) is 6.69. The molecule has 1 aromatic rings. The lowest BCUT2D eigenvalue weighted by Crippen LogP contribution is -2.69. The molecule has 0 aliphatic carbocycles. The Labute approximate surface area is 121 Å². The monoisotopic (exact) mass is 271 g/mol. The lowest BCUT2D eigenvalue weighted by atomic mass is 10.2. The molecule has 0 spiro atoms. The molecule has 0 fully saturated rings. The highest BCUT2D eigenvalue weighted by molar-refractivity contribution is 5.65. The van der Waals surface area contributed by atoms with E-state index in [4.69, 9.17) is 5.11 Å². The molecule has 3 nitrogen and oxygen atoms in total. The van der Waals surface area contributed by atoms with Crippen molar-refractivity contribution in [3.05, 3.63) is 60.2 Å². The molecular formula is C17H23N2O+. The predicted octanol–water partition coefficient (Wildman–Crippen LogP) is 1.02. The third-order valence-electron chi connectivity index (χ3n) is 2.61. The molecule has 106 valence electrons. The van der Waals surface area contributed by atoms with E-state index in [0.29, 0.717) is 6.54 Å². The average Bonchev–Trinajstić information content (AvgIpc) is 2.46. The summed E-state index contributed by atoms with van der Waals surface area (Å²) in [6.45, 7) is 0.729. The van der Waals surface area contributed by atoms with Crippen LogP contribution in [0.3, 0.4) is 0 Å². The van der Waals surface area contributed by atoms with E-state index in [1.807, 2.05) is 50.7 Å². The van der Waals surface area contributed by atoms with Crippen LogP contribution in [-0.2, 0) is 0 Å². The van der Waals surface area contributed by atoms with Crippen molar-refractivity contribution in [2.45, 2.75) is 0 Å². The van der Waals surface area contributed by atoms with Crippen LogP contribution >= 0.6 is 0 Å². The topological polar surface area (TPSA) is 37.4 Å². The molecule has 0 saturated heterocycles. The van der Waals surface area contributed by atoms with E-state index in [-0.39, 0.29) is 6.61 Å². The first kappa shape index (κ1) is 15.9. The van der Waals surface area contributed by atoms with E-state index >= 15 is 0 Å². The fraction of sp³-hybridized carbons (Fsp3) is 0.235. The van der Waals surface area contributed by atoms with Gasteiger partial charge in [-0.1, -0.05) is 42.5 Å². The number of anilines is 1. The molecule has 1 aromatic carbocycles. The fourth-order valence-corrected chi connectivity index (χ4v) is 1.51. The molecule has 0 aliphatic heterocycles. The molecule has 0 aromatic heterocycles.